The quantitative estimate of drug-likeness (QED) is 0.802. The SMILES string of the molecule is CC(C)c1nc2ccc(NC(=O)NCC(C)(C)C)cc2[nH]1. The van der Waals surface area contributed by atoms with Gasteiger partial charge in [0.15, 0.2) is 0 Å². The fraction of sp³-hybridized carbons (Fsp3) is 0.500. The molecule has 0 radical (unpaired) electrons. The van der Waals surface area contributed by atoms with E-state index in [0.717, 1.165) is 22.5 Å². The van der Waals surface area contributed by atoms with Crippen molar-refractivity contribution in [1.29, 1.82) is 0 Å². The molecule has 1 heterocycles. The van der Waals surface area contributed by atoms with Gasteiger partial charge in [-0.2, -0.15) is 0 Å². The van der Waals surface area contributed by atoms with Crippen LogP contribution in [0.2, 0.25) is 0 Å². The van der Waals surface area contributed by atoms with E-state index < -0.39 is 0 Å². The summed E-state index contributed by atoms with van der Waals surface area (Å²) < 4.78 is 0. The number of nitrogens with zero attached hydrogens (tertiary/aromatic N) is 1. The number of hydrogen-bond acceptors (Lipinski definition) is 2. The van der Waals surface area contributed by atoms with E-state index in [4.69, 9.17) is 0 Å². The molecule has 2 amide bonds. The molecule has 0 fully saturated rings. The molecule has 114 valence electrons. The average molecular weight is 288 g/mol. The molecule has 3 N–H and O–H groups in total. The molecule has 5 heteroatoms. The lowest BCUT2D eigenvalue weighted by Crippen LogP contribution is -2.35. The van der Waals surface area contributed by atoms with Gasteiger partial charge < -0.3 is 15.6 Å². The Morgan fingerprint density at radius 3 is 2.67 bits per heavy atom. The lowest BCUT2D eigenvalue weighted by Gasteiger charge is -2.18. The molecule has 0 saturated heterocycles. The Labute approximate surface area is 125 Å². The van der Waals surface area contributed by atoms with Gasteiger partial charge in [-0.05, 0) is 23.6 Å². The Kier molecular flexibility index (Phi) is 4.21. The summed E-state index contributed by atoms with van der Waals surface area (Å²) in [6.07, 6.45) is 0. The predicted molar refractivity (Wildman–Crippen MR) is 86.7 cm³/mol. The number of urea groups is 1. The maximum Gasteiger partial charge on any atom is 0.319 e. The van der Waals surface area contributed by atoms with Crippen LogP contribution in [0.4, 0.5) is 10.5 Å². The first-order valence-electron chi connectivity index (χ1n) is 7.29. The number of amides is 2. The highest BCUT2D eigenvalue weighted by atomic mass is 16.2. The smallest absolute Gasteiger partial charge is 0.319 e. The Morgan fingerprint density at radius 1 is 1.33 bits per heavy atom. The third-order valence-corrected chi connectivity index (χ3v) is 3.08. The lowest BCUT2D eigenvalue weighted by atomic mass is 9.97. The number of hydrogen-bond donors (Lipinski definition) is 3. The molecule has 2 aromatic rings. The molecule has 0 spiro atoms. The summed E-state index contributed by atoms with van der Waals surface area (Å²) in [5, 5.41) is 5.71. The van der Waals surface area contributed by atoms with E-state index in [1.165, 1.54) is 0 Å². The number of carbonyl (C=O) groups excluding carboxylic acids is 1. The molecule has 0 atom stereocenters. The van der Waals surface area contributed by atoms with Crippen molar-refractivity contribution in [3.8, 4) is 0 Å². The maximum atomic E-state index is 11.9. The van der Waals surface area contributed by atoms with Crippen LogP contribution in [0.15, 0.2) is 18.2 Å². The van der Waals surface area contributed by atoms with E-state index in [-0.39, 0.29) is 11.4 Å². The second-order valence-electron chi connectivity index (χ2n) is 6.88. The Bertz CT molecular complexity index is 637. The van der Waals surface area contributed by atoms with Crippen LogP contribution < -0.4 is 10.6 Å². The third-order valence-electron chi connectivity index (χ3n) is 3.08. The first-order valence-corrected chi connectivity index (χ1v) is 7.29. The molecule has 2 rings (SSSR count). The molecule has 0 bridgehead atoms. The molecule has 0 aliphatic heterocycles. The summed E-state index contributed by atoms with van der Waals surface area (Å²) in [6.45, 7) is 11.1. The van der Waals surface area contributed by atoms with Gasteiger partial charge in [0.2, 0.25) is 0 Å². The number of nitrogens with one attached hydrogen (secondary N) is 3. The summed E-state index contributed by atoms with van der Waals surface area (Å²) in [4.78, 5) is 19.7. The molecule has 0 aliphatic rings. The maximum absolute atomic E-state index is 11.9. The average Bonchev–Trinajstić information content (AvgIpc) is 2.79. The van der Waals surface area contributed by atoms with Gasteiger partial charge in [-0.25, -0.2) is 9.78 Å². The summed E-state index contributed by atoms with van der Waals surface area (Å²) in [7, 11) is 0. The number of H-pyrrole nitrogens is 1. The van der Waals surface area contributed by atoms with E-state index in [2.05, 4.69) is 55.2 Å². The molecule has 0 saturated carbocycles. The summed E-state index contributed by atoms with van der Waals surface area (Å²) in [6, 6.07) is 5.50. The van der Waals surface area contributed by atoms with Crippen molar-refractivity contribution >= 4 is 22.8 Å². The normalized spacial score (nSPS) is 11.9. The standard InChI is InChI=1S/C16H24N4O/c1-10(2)14-19-12-7-6-11(8-13(12)20-14)18-15(21)17-9-16(3,4)5/h6-8,10H,9H2,1-5H3,(H,19,20)(H2,17,18,21). The van der Waals surface area contributed by atoms with Crippen molar-refractivity contribution in [1.82, 2.24) is 15.3 Å². The van der Waals surface area contributed by atoms with Crippen molar-refractivity contribution in [2.24, 2.45) is 5.41 Å². The highest BCUT2D eigenvalue weighted by Crippen LogP contribution is 2.20. The minimum atomic E-state index is -0.187. The monoisotopic (exact) mass is 288 g/mol. The zero-order valence-corrected chi connectivity index (χ0v) is 13.4. The number of aromatic amines is 1. The van der Waals surface area contributed by atoms with Crippen molar-refractivity contribution in [3.05, 3.63) is 24.0 Å². The molecular weight excluding hydrogens is 264 g/mol. The van der Waals surface area contributed by atoms with Gasteiger partial charge in [0.25, 0.3) is 0 Å². The van der Waals surface area contributed by atoms with Gasteiger partial charge in [-0.1, -0.05) is 34.6 Å². The summed E-state index contributed by atoms with van der Waals surface area (Å²) in [5.41, 5.74) is 2.68. The first-order chi connectivity index (χ1) is 9.74. The lowest BCUT2D eigenvalue weighted by molar-refractivity contribution is 0.247. The Morgan fingerprint density at radius 2 is 2.05 bits per heavy atom. The summed E-state index contributed by atoms with van der Waals surface area (Å²) in [5.74, 6) is 1.31. The number of anilines is 1. The van der Waals surface area contributed by atoms with Crippen LogP contribution in [0.3, 0.4) is 0 Å². The van der Waals surface area contributed by atoms with Crippen LogP contribution in [0, 0.1) is 5.41 Å². The highest BCUT2D eigenvalue weighted by molar-refractivity contribution is 5.91. The number of aromatic nitrogens is 2. The number of carbonyl (C=O) groups is 1. The van der Waals surface area contributed by atoms with Gasteiger partial charge in [-0.15, -0.1) is 0 Å². The number of rotatable bonds is 3. The zero-order valence-electron chi connectivity index (χ0n) is 13.4. The van der Waals surface area contributed by atoms with Crippen molar-refractivity contribution < 1.29 is 4.79 Å². The molecule has 1 aromatic heterocycles. The van der Waals surface area contributed by atoms with E-state index in [0.29, 0.717) is 12.5 Å². The fourth-order valence-electron chi connectivity index (χ4n) is 1.90. The topological polar surface area (TPSA) is 69.8 Å². The second-order valence-corrected chi connectivity index (χ2v) is 6.88. The van der Waals surface area contributed by atoms with E-state index in [1.54, 1.807) is 0 Å². The molecule has 5 nitrogen and oxygen atoms in total. The minimum absolute atomic E-state index is 0.0663. The van der Waals surface area contributed by atoms with Crippen LogP contribution in [0.1, 0.15) is 46.4 Å². The second kappa shape index (κ2) is 5.76. The number of imidazole rings is 1. The molecule has 21 heavy (non-hydrogen) atoms. The largest absolute Gasteiger partial charge is 0.342 e. The van der Waals surface area contributed by atoms with Crippen molar-refractivity contribution in [3.63, 3.8) is 0 Å². The van der Waals surface area contributed by atoms with Gasteiger partial charge >= 0.3 is 6.03 Å². The zero-order chi connectivity index (χ0) is 15.6. The van der Waals surface area contributed by atoms with Crippen LogP contribution in [0.5, 0.6) is 0 Å². The summed E-state index contributed by atoms with van der Waals surface area (Å²) >= 11 is 0. The van der Waals surface area contributed by atoms with Gasteiger partial charge in [0.05, 0.1) is 11.0 Å². The third kappa shape index (κ3) is 4.21. The Balaban J connectivity index is 2.07. The van der Waals surface area contributed by atoms with Crippen LogP contribution in [-0.4, -0.2) is 22.5 Å². The molecule has 1 aromatic carbocycles. The number of fused-ring (bicyclic) bond motifs is 1. The van der Waals surface area contributed by atoms with Gasteiger partial charge in [-0.3, -0.25) is 0 Å². The van der Waals surface area contributed by atoms with E-state index in [1.807, 2.05) is 18.2 Å². The van der Waals surface area contributed by atoms with E-state index >= 15 is 0 Å². The molecular formula is C16H24N4O. The predicted octanol–water partition coefficient (Wildman–Crippen LogP) is 3.85. The van der Waals surface area contributed by atoms with Crippen LogP contribution >= 0.6 is 0 Å². The Hall–Kier alpha value is -2.04. The first kappa shape index (κ1) is 15.4. The van der Waals surface area contributed by atoms with Crippen LogP contribution in [0.25, 0.3) is 11.0 Å². The van der Waals surface area contributed by atoms with Gasteiger partial charge in [0, 0.05) is 18.2 Å². The van der Waals surface area contributed by atoms with Crippen LogP contribution in [-0.2, 0) is 0 Å². The minimum Gasteiger partial charge on any atom is -0.342 e. The highest BCUT2D eigenvalue weighted by Gasteiger charge is 2.12. The number of benzene rings is 1. The molecule has 0 unspecified atom stereocenters. The van der Waals surface area contributed by atoms with Crippen molar-refractivity contribution in [2.75, 3.05) is 11.9 Å². The fourth-order valence-corrected chi connectivity index (χ4v) is 1.90. The van der Waals surface area contributed by atoms with E-state index in [9.17, 15) is 4.79 Å². The van der Waals surface area contributed by atoms with Crippen molar-refractivity contribution in [2.45, 2.75) is 40.5 Å². The van der Waals surface area contributed by atoms with Gasteiger partial charge in [0.1, 0.15) is 5.82 Å². The molecule has 0 aliphatic carbocycles.